The van der Waals surface area contributed by atoms with Crippen LogP contribution in [0.25, 0.3) is 0 Å². The molecule has 1 aromatic carbocycles. The molecule has 0 bridgehead atoms. The highest BCUT2D eigenvalue weighted by molar-refractivity contribution is 7.05. The van der Waals surface area contributed by atoms with Crippen LogP contribution >= 0.6 is 11.5 Å². The second-order valence-electron chi connectivity index (χ2n) is 4.10. The Labute approximate surface area is 113 Å². The average molecular weight is 284 g/mol. The van der Waals surface area contributed by atoms with Gasteiger partial charge in [-0.25, -0.2) is 8.78 Å². The van der Waals surface area contributed by atoms with E-state index in [1.165, 1.54) is 23.7 Å². The number of nitrogens with one attached hydrogen (secondary N) is 1. The third-order valence-electron chi connectivity index (χ3n) is 2.88. The van der Waals surface area contributed by atoms with Gasteiger partial charge in [0.25, 0.3) is 0 Å². The number of hydrogen-bond donors (Lipinski definition) is 2. The smallest absolute Gasteiger partial charge is 0.129 e. The van der Waals surface area contributed by atoms with Gasteiger partial charge in [-0.15, -0.1) is 5.10 Å². The fourth-order valence-corrected chi connectivity index (χ4v) is 2.66. The highest BCUT2D eigenvalue weighted by Gasteiger charge is 2.19. The summed E-state index contributed by atoms with van der Waals surface area (Å²) < 4.78 is 30.4. The second-order valence-corrected chi connectivity index (χ2v) is 4.88. The number of halogens is 2. The summed E-state index contributed by atoms with van der Waals surface area (Å²) in [6.07, 6.45) is 1.05. The summed E-state index contributed by atoms with van der Waals surface area (Å²) in [6, 6.07) is 3.25. The van der Waals surface area contributed by atoms with Crippen molar-refractivity contribution in [2.45, 2.75) is 25.8 Å². The number of hydrogen-bond acceptors (Lipinski definition) is 5. The van der Waals surface area contributed by atoms with Crippen molar-refractivity contribution in [3.8, 4) is 0 Å². The van der Waals surface area contributed by atoms with E-state index in [9.17, 15) is 8.78 Å². The largest absolute Gasteiger partial charge is 0.271 e. The van der Waals surface area contributed by atoms with Crippen molar-refractivity contribution in [2.75, 3.05) is 0 Å². The number of aryl methyl sites for hydroxylation is 1. The molecule has 0 saturated heterocycles. The van der Waals surface area contributed by atoms with Gasteiger partial charge in [0.1, 0.15) is 11.6 Å². The molecule has 4 nitrogen and oxygen atoms in total. The molecule has 1 atom stereocenters. The van der Waals surface area contributed by atoms with E-state index in [0.717, 1.165) is 23.1 Å². The minimum Gasteiger partial charge on any atom is -0.271 e. The molecule has 0 saturated carbocycles. The molecule has 1 aromatic heterocycles. The van der Waals surface area contributed by atoms with Crippen LogP contribution in [0.3, 0.4) is 0 Å². The van der Waals surface area contributed by atoms with Crippen molar-refractivity contribution < 1.29 is 8.78 Å². The third kappa shape index (κ3) is 3.12. The van der Waals surface area contributed by atoms with Crippen LogP contribution in [0.5, 0.6) is 0 Å². The lowest BCUT2D eigenvalue weighted by molar-refractivity contribution is 0.524. The van der Waals surface area contributed by atoms with Gasteiger partial charge in [0, 0.05) is 6.07 Å². The molecule has 2 aromatic rings. The normalized spacial score (nSPS) is 12.6. The molecule has 0 amide bonds. The molecule has 0 aliphatic heterocycles. The first-order valence-corrected chi connectivity index (χ1v) is 6.64. The zero-order valence-electron chi connectivity index (χ0n) is 10.4. The van der Waals surface area contributed by atoms with Crippen LogP contribution in [0.1, 0.15) is 29.1 Å². The molecule has 0 radical (unpaired) electrons. The van der Waals surface area contributed by atoms with E-state index in [4.69, 9.17) is 5.84 Å². The summed E-state index contributed by atoms with van der Waals surface area (Å²) in [5.74, 6) is 4.36. The van der Waals surface area contributed by atoms with Gasteiger partial charge in [0.15, 0.2) is 0 Å². The SMILES string of the molecule is CCc1nnsc1C(Cc1ccc(F)cc1F)NN. The molecular weight excluding hydrogens is 270 g/mol. The monoisotopic (exact) mass is 284 g/mol. The first-order chi connectivity index (χ1) is 9.15. The summed E-state index contributed by atoms with van der Waals surface area (Å²) in [7, 11) is 0. The van der Waals surface area contributed by atoms with Crippen LogP contribution in [-0.2, 0) is 12.8 Å². The highest BCUT2D eigenvalue weighted by Crippen LogP contribution is 2.25. The van der Waals surface area contributed by atoms with Gasteiger partial charge < -0.3 is 0 Å². The Morgan fingerprint density at radius 2 is 2.21 bits per heavy atom. The molecular formula is C12H14F2N4S. The number of rotatable bonds is 5. The molecule has 0 fully saturated rings. The van der Waals surface area contributed by atoms with Crippen molar-refractivity contribution >= 4 is 11.5 Å². The Kier molecular flexibility index (Phi) is 4.52. The molecule has 1 heterocycles. The fraction of sp³-hybridized carbons (Fsp3) is 0.333. The lowest BCUT2D eigenvalue weighted by Gasteiger charge is -2.15. The first kappa shape index (κ1) is 14.0. The maximum atomic E-state index is 13.6. The average Bonchev–Trinajstić information content (AvgIpc) is 2.86. The number of aromatic nitrogens is 2. The topological polar surface area (TPSA) is 63.8 Å². The summed E-state index contributed by atoms with van der Waals surface area (Å²) >= 11 is 1.23. The quantitative estimate of drug-likeness (QED) is 0.652. The van der Waals surface area contributed by atoms with Crippen LogP contribution in [0.15, 0.2) is 18.2 Å². The van der Waals surface area contributed by atoms with E-state index in [2.05, 4.69) is 15.0 Å². The second kappa shape index (κ2) is 6.14. The number of benzene rings is 1. The van der Waals surface area contributed by atoms with Crippen molar-refractivity contribution in [3.05, 3.63) is 46.0 Å². The molecule has 2 rings (SSSR count). The fourth-order valence-electron chi connectivity index (χ4n) is 1.86. The highest BCUT2D eigenvalue weighted by atomic mass is 32.1. The zero-order chi connectivity index (χ0) is 13.8. The number of nitrogens with two attached hydrogens (primary N) is 1. The van der Waals surface area contributed by atoms with E-state index in [0.29, 0.717) is 12.0 Å². The Morgan fingerprint density at radius 1 is 1.42 bits per heavy atom. The van der Waals surface area contributed by atoms with Gasteiger partial charge >= 0.3 is 0 Å². The molecule has 0 aliphatic carbocycles. The predicted octanol–water partition coefficient (Wildman–Crippen LogP) is 2.13. The van der Waals surface area contributed by atoms with E-state index in [1.807, 2.05) is 6.92 Å². The molecule has 3 N–H and O–H groups in total. The van der Waals surface area contributed by atoms with Gasteiger partial charge in [-0.1, -0.05) is 17.5 Å². The van der Waals surface area contributed by atoms with Gasteiger partial charge in [-0.05, 0) is 36.0 Å². The molecule has 0 aliphatic rings. The standard InChI is InChI=1S/C12H14F2N4S/c1-2-10-12(19-18-17-10)11(16-15)5-7-3-4-8(13)6-9(7)14/h3-4,6,11,16H,2,5,15H2,1H3. The molecule has 102 valence electrons. The van der Waals surface area contributed by atoms with Crippen molar-refractivity contribution in [1.29, 1.82) is 0 Å². The predicted molar refractivity (Wildman–Crippen MR) is 69.4 cm³/mol. The summed E-state index contributed by atoms with van der Waals surface area (Å²) in [6.45, 7) is 1.96. The summed E-state index contributed by atoms with van der Waals surface area (Å²) in [5.41, 5.74) is 3.89. The Morgan fingerprint density at radius 3 is 2.84 bits per heavy atom. The van der Waals surface area contributed by atoms with E-state index in [1.54, 1.807) is 0 Å². The number of hydrazine groups is 1. The molecule has 7 heteroatoms. The van der Waals surface area contributed by atoms with Crippen molar-refractivity contribution in [2.24, 2.45) is 5.84 Å². The zero-order valence-corrected chi connectivity index (χ0v) is 11.2. The van der Waals surface area contributed by atoms with Gasteiger partial charge in [-0.3, -0.25) is 11.3 Å². The lowest BCUT2D eigenvalue weighted by Crippen LogP contribution is -2.30. The Bertz CT molecular complexity index is 558. The van der Waals surface area contributed by atoms with Crippen LogP contribution in [-0.4, -0.2) is 9.59 Å². The van der Waals surface area contributed by atoms with Crippen molar-refractivity contribution in [3.63, 3.8) is 0 Å². The number of nitrogens with zero attached hydrogens (tertiary/aromatic N) is 2. The van der Waals surface area contributed by atoms with Crippen LogP contribution in [0, 0.1) is 11.6 Å². The first-order valence-electron chi connectivity index (χ1n) is 5.86. The Hall–Kier alpha value is -1.44. The van der Waals surface area contributed by atoms with Crippen LogP contribution in [0.2, 0.25) is 0 Å². The third-order valence-corrected chi connectivity index (χ3v) is 3.76. The van der Waals surface area contributed by atoms with E-state index >= 15 is 0 Å². The summed E-state index contributed by atoms with van der Waals surface area (Å²) in [5, 5.41) is 4.00. The van der Waals surface area contributed by atoms with Gasteiger partial charge in [-0.2, -0.15) is 0 Å². The van der Waals surface area contributed by atoms with E-state index < -0.39 is 11.6 Å². The molecule has 0 spiro atoms. The maximum absolute atomic E-state index is 13.6. The lowest BCUT2D eigenvalue weighted by atomic mass is 10.0. The minimum absolute atomic E-state index is 0.282. The molecule has 1 unspecified atom stereocenters. The van der Waals surface area contributed by atoms with Crippen LogP contribution < -0.4 is 11.3 Å². The minimum atomic E-state index is -0.591. The van der Waals surface area contributed by atoms with Gasteiger partial charge in [0.05, 0.1) is 16.6 Å². The Balaban J connectivity index is 2.24. The van der Waals surface area contributed by atoms with Crippen molar-refractivity contribution in [1.82, 2.24) is 15.0 Å². The van der Waals surface area contributed by atoms with E-state index in [-0.39, 0.29) is 6.04 Å². The molecule has 19 heavy (non-hydrogen) atoms. The van der Waals surface area contributed by atoms with Crippen LogP contribution in [0.4, 0.5) is 8.78 Å². The summed E-state index contributed by atoms with van der Waals surface area (Å²) in [4.78, 5) is 0.883. The maximum Gasteiger partial charge on any atom is 0.129 e. The van der Waals surface area contributed by atoms with Gasteiger partial charge in [0.2, 0.25) is 0 Å².